The number of nitrogens with one attached hydrogen (secondary N) is 3. The van der Waals surface area contributed by atoms with E-state index in [1.807, 2.05) is 29.1 Å². The van der Waals surface area contributed by atoms with Crippen LogP contribution in [-0.4, -0.2) is 17.2 Å². The summed E-state index contributed by atoms with van der Waals surface area (Å²) in [6, 6.07) is 7.30. The number of rotatable bonds is 4. The third-order valence-electron chi connectivity index (χ3n) is 3.22. The first-order valence-electron chi connectivity index (χ1n) is 6.52. The predicted octanol–water partition coefficient (Wildman–Crippen LogP) is 0.931. The number of para-hydroxylation sites is 1. The fraction of sp³-hybridized carbons (Fsp3) is 0.231. The van der Waals surface area contributed by atoms with Crippen molar-refractivity contribution in [2.45, 2.75) is 19.1 Å². The molecule has 0 atom stereocenters. The number of aromatic nitrogens is 1. The minimum Gasteiger partial charge on any atom is -0.401 e. The fourth-order valence-electron chi connectivity index (χ4n) is 2.21. The number of aromatic amines is 1. The lowest BCUT2D eigenvalue weighted by Crippen LogP contribution is -2.45. The molecule has 9 heteroatoms. The molecule has 0 radical (unpaired) electrons. The number of benzene rings is 1. The first kappa shape index (κ1) is 15.6. The Labute approximate surface area is 125 Å². The molecule has 0 spiro atoms. The maximum atomic E-state index is 11.6. The van der Waals surface area contributed by atoms with Crippen LogP contribution in [0.2, 0.25) is 0 Å². The van der Waals surface area contributed by atoms with Gasteiger partial charge < -0.3 is 14.5 Å². The van der Waals surface area contributed by atoms with Gasteiger partial charge in [-0.1, -0.05) is 25.1 Å². The molecule has 0 aliphatic carbocycles. The molecule has 0 bridgehead atoms. The van der Waals surface area contributed by atoms with Crippen LogP contribution in [-0.2, 0) is 15.3 Å². The Bertz CT molecular complexity index is 666. The van der Waals surface area contributed by atoms with Crippen LogP contribution >= 0.6 is 0 Å². The van der Waals surface area contributed by atoms with E-state index in [1.54, 1.807) is 19.2 Å². The van der Waals surface area contributed by atoms with Gasteiger partial charge in [0.05, 0.1) is 5.56 Å². The van der Waals surface area contributed by atoms with E-state index in [-0.39, 0.29) is 6.42 Å². The molecule has 1 aromatic heterocycles. The van der Waals surface area contributed by atoms with E-state index in [2.05, 4.69) is 4.98 Å². The lowest BCUT2D eigenvalue weighted by Gasteiger charge is -2.31. The second-order valence-electron chi connectivity index (χ2n) is 4.42. The quantitative estimate of drug-likeness (QED) is 0.246. The summed E-state index contributed by atoms with van der Waals surface area (Å²) in [5, 5.41) is 0.735. The van der Waals surface area contributed by atoms with E-state index in [0.29, 0.717) is 5.56 Å². The third kappa shape index (κ3) is 2.80. The SMILES string of the molecule is CCC(OC(=O)NN)(OC(=O)NN)c1c[nH]c2ccccc12. The van der Waals surface area contributed by atoms with Crippen LogP contribution in [0.3, 0.4) is 0 Å². The second kappa shape index (κ2) is 6.33. The van der Waals surface area contributed by atoms with Crippen molar-refractivity contribution in [3.8, 4) is 0 Å². The van der Waals surface area contributed by atoms with Crippen molar-refractivity contribution < 1.29 is 19.1 Å². The van der Waals surface area contributed by atoms with E-state index in [4.69, 9.17) is 21.2 Å². The van der Waals surface area contributed by atoms with Crippen molar-refractivity contribution in [2.75, 3.05) is 0 Å². The fourth-order valence-corrected chi connectivity index (χ4v) is 2.21. The number of H-pyrrole nitrogens is 1. The molecule has 0 aliphatic rings. The number of nitrogens with two attached hydrogens (primary N) is 2. The minimum atomic E-state index is -1.67. The molecule has 2 rings (SSSR count). The molecular weight excluding hydrogens is 290 g/mol. The molecule has 0 saturated heterocycles. The van der Waals surface area contributed by atoms with Crippen LogP contribution in [0.5, 0.6) is 0 Å². The zero-order valence-corrected chi connectivity index (χ0v) is 11.9. The van der Waals surface area contributed by atoms with Crippen molar-refractivity contribution in [1.29, 1.82) is 0 Å². The standard InChI is InChI=1S/C13H17N5O4/c1-2-13(21-11(19)17-14,22-12(20)18-15)9-7-16-10-6-4-3-5-8(9)10/h3-7,16H,2,14-15H2,1H3,(H,17,19)(H,18,20). The lowest BCUT2D eigenvalue weighted by molar-refractivity contribution is -0.171. The van der Waals surface area contributed by atoms with Gasteiger partial charge in [0.25, 0.3) is 5.79 Å². The Morgan fingerprint density at radius 2 is 1.77 bits per heavy atom. The number of amides is 2. The molecule has 0 aliphatic heterocycles. The average molecular weight is 307 g/mol. The van der Waals surface area contributed by atoms with Gasteiger partial charge in [-0.05, 0) is 6.07 Å². The minimum absolute atomic E-state index is 0.148. The summed E-state index contributed by atoms with van der Waals surface area (Å²) in [5.74, 6) is 8.43. The zero-order chi connectivity index (χ0) is 16.2. The Balaban J connectivity index is 2.54. The smallest absolute Gasteiger partial charge is 0.401 e. The van der Waals surface area contributed by atoms with E-state index in [1.165, 1.54) is 0 Å². The summed E-state index contributed by atoms with van der Waals surface area (Å²) in [5.41, 5.74) is 4.95. The molecule has 0 fully saturated rings. The van der Waals surface area contributed by atoms with E-state index >= 15 is 0 Å². The van der Waals surface area contributed by atoms with Gasteiger partial charge in [-0.25, -0.2) is 21.3 Å². The average Bonchev–Trinajstić information content (AvgIpc) is 2.98. The van der Waals surface area contributed by atoms with E-state index in [0.717, 1.165) is 10.9 Å². The molecule has 2 aromatic rings. The highest BCUT2D eigenvalue weighted by atomic mass is 16.7. The largest absolute Gasteiger partial charge is 0.424 e. The topological polar surface area (TPSA) is 144 Å². The van der Waals surface area contributed by atoms with Gasteiger partial charge in [-0.2, -0.15) is 0 Å². The monoisotopic (exact) mass is 307 g/mol. The summed E-state index contributed by atoms with van der Waals surface area (Å²) in [6.45, 7) is 1.69. The van der Waals surface area contributed by atoms with Crippen molar-refractivity contribution in [2.24, 2.45) is 11.7 Å². The molecular formula is C13H17N5O4. The highest BCUT2D eigenvalue weighted by Gasteiger charge is 2.41. The Morgan fingerprint density at radius 1 is 1.18 bits per heavy atom. The highest BCUT2D eigenvalue weighted by molar-refractivity contribution is 5.84. The Hall–Kier alpha value is -2.78. The molecule has 2 amide bonds. The zero-order valence-electron chi connectivity index (χ0n) is 11.9. The van der Waals surface area contributed by atoms with Gasteiger partial charge in [-0.15, -0.1) is 0 Å². The van der Waals surface area contributed by atoms with Gasteiger partial charge in [-0.3, -0.25) is 10.9 Å². The van der Waals surface area contributed by atoms with Crippen molar-refractivity contribution in [1.82, 2.24) is 15.8 Å². The number of carbonyl (C=O) groups excluding carboxylic acids is 2. The summed E-state index contributed by atoms with van der Waals surface area (Å²) in [7, 11) is 0. The maximum absolute atomic E-state index is 11.6. The number of hydrogen-bond acceptors (Lipinski definition) is 6. The Morgan fingerprint density at radius 3 is 2.32 bits per heavy atom. The summed E-state index contributed by atoms with van der Waals surface area (Å²) in [6.07, 6.45) is -0.147. The van der Waals surface area contributed by atoms with Crippen LogP contribution in [0.25, 0.3) is 10.9 Å². The van der Waals surface area contributed by atoms with Crippen molar-refractivity contribution >= 4 is 23.1 Å². The number of hydrogen-bond donors (Lipinski definition) is 5. The summed E-state index contributed by atoms with van der Waals surface area (Å²) >= 11 is 0. The van der Waals surface area contributed by atoms with Crippen LogP contribution in [0.4, 0.5) is 9.59 Å². The Kier molecular flexibility index (Phi) is 4.49. The molecule has 7 N–H and O–H groups in total. The molecule has 118 valence electrons. The van der Waals surface area contributed by atoms with E-state index in [9.17, 15) is 9.59 Å². The molecule has 0 saturated carbocycles. The normalized spacial score (nSPS) is 11.0. The molecule has 1 aromatic carbocycles. The van der Waals surface area contributed by atoms with E-state index < -0.39 is 18.0 Å². The molecule has 22 heavy (non-hydrogen) atoms. The maximum Gasteiger partial charge on any atom is 0.424 e. The van der Waals surface area contributed by atoms with Gasteiger partial charge in [0.1, 0.15) is 0 Å². The van der Waals surface area contributed by atoms with Crippen LogP contribution < -0.4 is 22.5 Å². The van der Waals surface area contributed by atoms with Gasteiger partial charge >= 0.3 is 12.2 Å². The second-order valence-corrected chi connectivity index (χ2v) is 4.42. The summed E-state index contributed by atoms with van der Waals surface area (Å²) < 4.78 is 10.5. The number of ether oxygens (including phenoxy) is 2. The van der Waals surface area contributed by atoms with Crippen molar-refractivity contribution in [3.05, 3.63) is 36.0 Å². The highest BCUT2D eigenvalue weighted by Crippen LogP contribution is 2.36. The number of hydrazine groups is 2. The van der Waals surface area contributed by atoms with Crippen molar-refractivity contribution in [3.63, 3.8) is 0 Å². The molecule has 9 nitrogen and oxygen atoms in total. The molecule has 1 heterocycles. The third-order valence-corrected chi connectivity index (χ3v) is 3.22. The predicted molar refractivity (Wildman–Crippen MR) is 77.9 cm³/mol. The van der Waals surface area contributed by atoms with Crippen LogP contribution in [0.15, 0.2) is 30.5 Å². The first-order chi connectivity index (χ1) is 10.6. The van der Waals surface area contributed by atoms with Gasteiger partial charge in [0.2, 0.25) is 0 Å². The molecule has 0 unspecified atom stereocenters. The van der Waals surface area contributed by atoms with Gasteiger partial charge in [0.15, 0.2) is 0 Å². The van der Waals surface area contributed by atoms with Crippen LogP contribution in [0, 0.1) is 0 Å². The summed E-state index contributed by atoms with van der Waals surface area (Å²) in [4.78, 5) is 26.2. The lowest BCUT2D eigenvalue weighted by atomic mass is 10.0. The number of carbonyl (C=O) groups is 2. The van der Waals surface area contributed by atoms with Gasteiger partial charge in [0, 0.05) is 23.5 Å². The number of fused-ring (bicyclic) bond motifs is 1. The first-order valence-corrected chi connectivity index (χ1v) is 6.52. The van der Waals surface area contributed by atoms with Crippen LogP contribution in [0.1, 0.15) is 18.9 Å².